The Labute approximate surface area is 165 Å². The number of amides is 1. The maximum Gasteiger partial charge on any atom is 0.416 e. The minimum absolute atomic E-state index is 0.0279. The second kappa shape index (κ2) is 7.33. The van der Waals surface area contributed by atoms with E-state index in [1.165, 1.54) is 30.3 Å². The van der Waals surface area contributed by atoms with Crippen LogP contribution in [0.2, 0.25) is 0 Å². The zero-order chi connectivity index (χ0) is 20.8. The van der Waals surface area contributed by atoms with Gasteiger partial charge in [-0.15, -0.1) is 0 Å². The summed E-state index contributed by atoms with van der Waals surface area (Å²) in [4.78, 5) is 14.8. The molecule has 0 aromatic heterocycles. The van der Waals surface area contributed by atoms with Crippen LogP contribution in [0.4, 0.5) is 17.6 Å². The van der Waals surface area contributed by atoms with Crippen LogP contribution in [0, 0.1) is 17.7 Å². The van der Waals surface area contributed by atoms with Crippen molar-refractivity contribution in [3.05, 3.63) is 65.0 Å². The quantitative estimate of drug-likeness (QED) is 0.709. The van der Waals surface area contributed by atoms with E-state index in [0.717, 1.165) is 12.1 Å². The number of carbonyl (C=O) groups excluding carboxylic acids is 1. The molecule has 4 nitrogen and oxygen atoms in total. The van der Waals surface area contributed by atoms with Crippen LogP contribution in [0.25, 0.3) is 0 Å². The van der Waals surface area contributed by atoms with Gasteiger partial charge in [0.15, 0.2) is 0 Å². The van der Waals surface area contributed by atoms with Gasteiger partial charge in [-0.1, -0.05) is 0 Å². The highest BCUT2D eigenvalue weighted by molar-refractivity contribution is 5.95. The number of nitrogens with zero attached hydrogens (tertiary/aromatic N) is 1. The van der Waals surface area contributed by atoms with E-state index >= 15 is 0 Å². The Bertz CT molecular complexity index is 913. The second-order valence-electron chi connectivity index (χ2n) is 7.35. The van der Waals surface area contributed by atoms with Crippen molar-refractivity contribution in [2.75, 3.05) is 26.9 Å². The number of ether oxygens (including phenoxy) is 2. The molecule has 29 heavy (non-hydrogen) atoms. The lowest BCUT2D eigenvalue weighted by molar-refractivity contribution is -0.137. The molecule has 0 radical (unpaired) electrons. The molecule has 0 unspecified atom stereocenters. The highest BCUT2D eigenvalue weighted by atomic mass is 19.4. The van der Waals surface area contributed by atoms with Gasteiger partial charge < -0.3 is 14.4 Å². The summed E-state index contributed by atoms with van der Waals surface area (Å²) in [5, 5.41) is 0. The minimum atomic E-state index is -4.47. The Hall–Kier alpha value is -2.61. The minimum Gasteiger partial charge on any atom is -0.493 e. The van der Waals surface area contributed by atoms with Gasteiger partial charge in [0.05, 0.1) is 24.8 Å². The van der Waals surface area contributed by atoms with E-state index in [0.29, 0.717) is 31.1 Å². The number of hydrogen-bond donors (Lipinski definition) is 0. The van der Waals surface area contributed by atoms with Crippen LogP contribution in [-0.4, -0.2) is 37.7 Å². The molecule has 2 aromatic carbocycles. The molecule has 0 saturated carbocycles. The number of halogens is 4. The van der Waals surface area contributed by atoms with Crippen molar-refractivity contribution in [1.82, 2.24) is 4.90 Å². The van der Waals surface area contributed by atoms with E-state index in [1.807, 2.05) is 0 Å². The molecular weight excluding hydrogens is 390 g/mol. The van der Waals surface area contributed by atoms with Gasteiger partial charge >= 0.3 is 6.18 Å². The highest BCUT2D eigenvalue weighted by Gasteiger charge is 2.48. The topological polar surface area (TPSA) is 38.8 Å². The first-order valence-corrected chi connectivity index (χ1v) is 9.19. The molecule has 1 saturated heterocycles. The summed E-state index contributed by atoms with van der Waals surface area (Å²) in [6.45, 7) is 1.10. The standard InChI is InChI=1S/C21H19F4NO3/c1-28-10-13-9-26(20(27)12-2-4-14(5-3-12)21(23,24)25)19-16-8-15(22)6-7-18(16)29-11-17(13)19/h2-8,13,17,19H,9-11H2,1H3/t13-,17-,19-/m0/s1. The fraction of sp³-hybridized carbons (Fsp3) is 0.381. The monoisotopic (exact) mass is 409 g/mol. The van der Waals surface area contributed by atoms with Crippen molar-refractivity contribution < 1.29 is 31.8 Å². The summed E-state index contributed by atoms with van der Waals surface area (Å²) < 4.78 is 63.4. The summed E-state index contributed by atoms with van der Waals surface area (Å²) in [6, 6.07) is 7.90. The maximum atomic E-state index is 13.9. The number of carbonyl (C=O) groups is 1. The Kier molecular flexibility index (Phi) is 4.98. The average molecular weight is 409 g/mol. The molecule has 0 N–H and O–H groups in total. The third-order valence-corrected chi connectivity index (χ3v) is 5.60. The summed E-state index contributed by atoms with van der Waals surface area (Å²) in [6.07, 6.45) is -4.47. The fourth-order valence-electron chi connectivity index (χ4n) is 4.25. The van der Waals surface area contributed by atoms with Gasteiger partial charge in [0.2, 0.25) is 0 Å². The highest BCUT2D eigenvalue weighted by Crippen LogP contribution is 2.48. The Morgan fingerprint density at radius 3 is 2.59 bits per heavy atom. The molecule has 1 fully saturated rings. The first-order chi connectivity index (χ1) is 13.8. The maximum absolute atomic E-state index is 13.9. The molecule has 2 aromatic rings. The van der Waals surface area contributed by atoms with Crippen LogP contribution in [-0.2, 0) is 10.9 Å². The zero-order valence-corrected chi connectivity index (χ0v) is 15.6. The summed E-state index contributed by atoms with van der Waals surface area (Å²) >= 11 is 0. The van der Waals surface area contributed by atoms with Gasteiger partial charge in [-0.2, -0.15) is 13.2 Å². The molecule has 2 aliphatic heterocycles. The van der Waals surface area contributed by atoms with E-state index < -0.39 is 29.5 Å². The predicted molar refractivity (Wildman–Crippen MR) is 96.0 cm³/mol. The van der Waals surface area contributed by atoms with Gasteiger partial charge in [-0.3, -0.25) is 4.79 Å². The van der Waals surface area contributed by atoms with Crippen molar-refractivity contribution in [1.29, 1.82) is 0 Å². The number of benzene rings is 2. The second-order valence-corrected chi connectivity index (χ2v) is 7.35. The third kappa shape index (κ3) is 3.57. The zero-order valence-electron chi connectivity index (χ0n) is 15.6. The number of likely N-dealkylation sites (tertiary alicyclic amines) is 1. The van der Waals surface area contributed by atoms with Crippen LogP contribution in [0.3, 0.4) is 0 Å². The van der Waals surface area contributed by atoms with Crippen LogP contribution in [0.15, 0.2) is 42.5 Å². The van der Waals surface area contributed by atoms with E-state index in [-0.39, 0.29) is 17.4 Å². The normalized spacial score (nSPS) is 23.3. The van der Waals surface area contributed by atoms with Gasteiger partial charge in [0.1, 0.15) is 11.6 Å². The molecule has 4 rings (SSSR count). The van der Waals surface area contributed by atoms with E-state index in [1.54, 1.807) is 12.0 Å². The molecule has 1 amide bonds. The lowest BCUT2D eigenvalue weighted by Gasteiger charge is -2.34. The van der Waals surface area contributed by atoms with Crippen LogP contribution >= 0.6 is 0 Å². The average Bonchev–Trinajstić information content (AvgIpc) is 3.06. The lowest BCUT2D eigenvalue weighted by atomic mass is 9.85. The first-order valence-electron chi connectivity index (χ1n) is 9.19. The molecule has 0 spiro atoms. The van der Waals surface area contributed by atoms with Crippen molar-refractivity contribution in [3.8, 4) is 5.75 Å². The number of hydrogen-bond acceptors (Lipinski definition) is 3. The molecule has 154 valence electrons. The summed E-state index contributed by atoms with van der Waals surface area (Å²) in [5.41, 5.74) is -0.0940. The van der Waals surface area contributed by atoms with E-state index in [2.05, 4.69) is 0 Å². The molecule has 3 atom stereocenters. The largest absolute Gasteiger partial charge is 0.493 e. The van der Waals surface area contributed by atoms with Gasteiger partial charge in [0, 0.05) is 36.6 Å². The molecule has 8 heteroatoms. The Balaban J connectivity index is 1.69. The Morgan fingerprint density at radius 2 is 1.93 bits per heavy atom. The van der Waals surface area contributed by atoms with Crippen LogP contribution in [0.5, 0.6) is 5.75 Å². The summed E-state index contributed by atoms with van der Waals surface area (Å²) in [7, 11) is 1.56. The summed E-state index contributed by atoms with van der Waals surface area (Å²) in [5.74, 6) is -0.451. The number of alkyl halides is 3. The van der Waals surface area contributed by atoms with Crippen molar-refractivity contribution in [3.63, 3.8) is 0 Å². The Morgan fingerprint density at radius 1 is 1.21 bits per heavy atom. The SMILES string of the molecule is COC[C@@H]1CN(C(=O)c2ccc(C(F)(F)F)cc2)[C@H]2c3cc(F)ccc3OC[C@@H]12. The number of methoxy groups -OCH3 is 1. The molecular formula is C21H19F4NO3. The first kappa shape index (κ1) is 19.7. The van der Waals surface area contributed by atoms with Gasteiger partial charge in [0.25, 0.3) is 5.91 Å². The number of rotatable bonds is 3. The predicted octanol–water partition coefficient (Wildman–Crippen LogP) is 4.31. The molecule has 0 aliphatic carbocycles. The van der Waals surface area contributed by atoms with Crippen molar-refractivity contribution >= 4 is 5.91 Å². The van der Waals surface area contributed by atoms with Crippen LogP contribution in [0.1, 0.15) is 27.5 Å². The smallest absolute Gasteiger partial charge is 0.416 e. The third-order valence-electron chi connectivity index (χ3n) is 5.60. The number of fused-ring (bicyclic) bond motifs is 3. The molecule has 2 heterocycles. The van der Waals surface area contributed by atoms with E-state index in [9.17, 15) is 22.4 Å². The van der Waals surface area contributed by atoms with Crippen molar-refractivity contribution in [2.24, 2.45) is 11.8 Å². The van der Waals surface area contributed by atoms with Crippen LogP contribution < -0.4 is 4.74 Å². The fourth-order valence-corrected chi connectivity index (χ4v) is 4.25. The molecule has 0 bridgehead atoms. The molecule has 2 aliphatic rings. The lowest BCUT2D eigenvalue weighted by Crippen LogP contribution is -2.35. The van der Waals surface area contributed by atoms with Crippen molar-refractivity contribution in [2.45, 2.75) is 12.2 Å². The van der Waals surface area contributed by atoms with Gasteiger partial charge in [-0.25, -0.2) is 4.39 Å². The van der Waals surface area contributed by atoms with Gasteiger partial charge in [-0.05, 0) is 42.5 Å². The van der Waals surface area contributed by atoms with E-state index in [4.69, 9.17) is 9.47 Å².